The fraction of sp³-hybridized carbons (Fsp3) is 0.125. The molecule has 0 amide bonds. The molecule has 8 heteroatoms. The second-order valence-electron chi connectivity index (χ2n) is 8.74. The molecule has 0 unspecified atom stereocenters. The average Bonchev–Trinajstić information content (AvgIpc) is 2.99. The van der Waals surface area contributed by atoms with Gasteiger partial charge in [-0.1, -0.05) is 91.0 Å². The second kappa shape index (κ2) is 13.5. The molecule has 0 heterocycles. The zero-order valence-corrected chi connectivity index (χ0v) is 23.7. The van der Waals surface area contributed by atoms with Crippen molar-refractivity contribution in [2.75, 3.05) is 0 Å². The molecule has 0 bridgehead atoms. The maximum Gasteiger partial charge on any atom is 0.340 e. The van der Waals surface area contributed by atoms with Gasteiger partial charge in [-0.25, -0.2) is 14.4 Å². The molecule has 0 aromatic heterocycles. The van der Waals surface area contributed by atoms with Crippen molar-refractivity contribution in [2.24, 2.45) is 0 Å². The number of halogens is 1. The average molecular weight is 645 g/mol. The first kappa shape index (κ1) is 28.5. The monoisotopic (exact) mass is 645 g/mol. The molecular weight excluding hydrogens is 621 g/mol. The lowest BCUT2D eigenvalue weighted by Crippen LogP contribution is -2.21. The molecule has 0 saturated carbocycles. The van der Waals surface area contributed by atoms with Gasteiger partial charge in [0.2, 0.25) is 0 Å². The van der Waals surface area contributed by atoms with Crippen LogP contribution in [-0.2, 0) is 34.0 Å². The van der Waals surface area contributed by atoms with E-state index in [9.17, 15) is 19.6 Å². The van der Waals surface area contributed by atoms with Gasteiger partial charge in [0.15, 0.2) is 0 Å². The number of rotatable bonds is 9. The molecule has 4 aromatic rings. The van der Waals surface area contributed by atoms with E-state index < -0.39 is 17.9 Å². The maximum absolute atomic E-state index is 13.4. The van der Waals surface area contributed by atoms with Crippen molar-refractivity contribution in [3.05, 3.63) is 139 Å². The summed E-state index contributed by atoms with van der Waals surface area (Å²) in [7, 11) is 0. The first-order valence-corrected chi connectivity index (χ1v) is 13.4. The van der Waals surface area contributed by atoms with Gasteiger partial charge in [0.25, 0.3) is 0 Å². The van der Waals surface area contributed by atoms with E-state index in [1.54, 1.807) is 36.4 Å². The van der Waals surface area contributed by atoms with Crippen LogP contribution in [0.15, 0.2) is 91.0 Å². The highest BCUT2D eigenvalue weighted by molar-refractivity contribution is 14.1. The molecule has 0 N–H and O–H groups in total. The fourth-order valence-electron chi connectivity index (χ4n) is 4.02. The lowest BCUT2D eigenvalue weighted by Gasteiger charge is -2.18. The van der Waals surface area contributed by atoms with Gasteiger partial charge in [0, 0.05) is 3.57 Å². The van der Waals surface area contributed by atoms with Crippen LogP contribution in [0.25, 0.3) is 0 Å². The van der Waals surface area contributed by atoms with Gasteiger partial charge in [0.05, 0.1) is 22.3 Å². The minimum absolute atomic E-state index is 0.00569. The molecule has 0 fully saturated rings. The van der Waals surface area contributed by atoms with Crippen LogP contribution in [0.3, 0.4) is 0 Å². The van der Waals surface area contributed by atoms with Crippen molar-refractivity contribution in [1.82, 2.24) is 0 Å². The fourth-order valence-corrected chi connectivity index (χ4v) is 5.14. The predicted octanol–water partition coefficient (Wildman–Crippen LogP) is 6.54. The molecule has 7 nitrogen and oxygen atoms in total. The van der Waals surface area contributed by atoms with Crippen molar-refractivity contribution < 1.29 is 28.6 Å². The Hall–Kier alpha value is -4.49. The van der Waals surface area contributed by atoms with E-state index >= 15 is 0 Å². The SMILES string of the molecule is Cc1c(C(=O)OCc2ccccc2)c(I)c(C(=O)OCc2ccccc2)c(C#N)c1C(=O)OCc1ccccc1. The first-order valence-electron chi connectivity index (χ1n) is 12.3. The highest BCUT2D eigenvalue weighted by Gasteiger charge is 2.33. The standard InChI is InChI=1S/C32H24INO6/c1-21-26(30(35)38-18-22-11-5-2-6-12-22)25(17-34)28(32(37)40-20-24-15-9-4-10-16-24)29(33)27(21)31(36)39-19-23-13-7-3-8-14-23/h2-16H,18-20H2,1H3. The van der Waals surface area contributed by atoms with E-state index in [-0.39, 0.29) is 51.2 Å². The molecule has 0 radical (unpaired) electrons. The van der Waals surface area contributed by atoms with Crippen LogP contribution in [0.4, 0.5) is 0 Å². The maximum atomic E-state index is 13.4. The molecule has 40 heavy (non-hydrogen) atoms. The lowest BCUT2D eigenvalue weighted by molar-refractivity contribution is 0.0464. The number of hydrogen-bond donors (Lipinski definition) is 0. The molecule has 0 aliphatic carbocycles. The summed E-state index contributed by atoms with van der Waals surface area (Å²) in [4.78, 5) is 40.1. The largest absolute Gasteiger partial charge is 0.457 e. The molecule has 4 aromatic carbocycles. The summed E-state index contributed by atoms with van der Waals surface area (Å²) in [6.45, 7) is 1.39. The van der Waals surface area contributed by atoms with Gasteiger partial charge in [0.1, 0.15) is 25.9 Å². The molecular formula is C32H24INO6. The normalized spacial score (nSPS) is 10.3. The Kier molecular flexibility index (Phi) is 9.65. The summed E-state index contributed by atoms with van der Waals surface area (Å²) < 4.78 is 16.7. The van der Waals surface area contributed by atoms with Gasteiger partial charge < -0.3 is 14.2 Å². The number of benzene rings is 4. The van der Waals surface area contributed by atoms with Crippen molar-refractivity contribution in [3.8, 4) is 6.07 Å². The molecule has 4 rings (SSSR count). The van der Waals surface area contributed by atoms with E-state index in [1.165, 1.54) is 6.92 Å². The van der Waals surface area contributed by atoms with Crippen LogP contribution < -0.4 is 0 Å². The molecule has 0 saturated heterocycles. The number of nitrogens with zero attached hydrogens (tertiary/aromatic N) is 1. The number of hydrogen-bond acceptors (Lipinski definition) is 7. The smallest absolute Gasteiger partial charge is 0.340 e. The Morgan fingerprint density at radius 2 is 0.975 bits per heavy atom. The molecule has 0 aliphatic heterocycles. The van der Waals surface area contributed by atoms with Crippen molar-refractivity contribution in [3.63, 3.8) is 0 Å². The third kappa shape index (κ3) is 6.74. The highest BCUT2D eigenvalue weighted by Crippen LogP contribution is 2.32. The number of carbonyl (C=O) groups is 3. The number of esters is 3. The Morgan fingerprint density at radius 1 is 0.625 bits per heavy atom. The van der Waals surface area contributed by atoms with Gasteiger partial charge in [-0.2, -0.15) is 5.26 Å². The van der Waals surface area contributed by atoms with Crippen LogP contribution in [0.1, 0.15) is 58.9 Å². The predicted molar refractivity (Wildman–Crippen MR) is 155 cm³/mol. The Bertz CT molecular complexity index is 1480. The van der Waals surface area contributed by atoms with Gasteiger partial charge in [-0.3, -0.25) is 0 Å². The van der Waals surface area contributed by atoms with Crippen molar-refractivity contribution >= 4 is 40.5 Å². The van der Waals surface area contributed by atoms with E-state index in [4.69, 9.17) is 14.2 Å². The molecule has 0 spiro atoms. The number of nitriles is 1. The zero-order valence-electron chi connectivity index (χ0n) is 21.6. The van der Waals surface area contributed by atoms with Crippen molar-refractivity contribution in [2.45, 2.75) is 26.7 Å². The topological polar surface area (TPSA) is 103 Å². The van der Waals surface area contributed by atoms with Crippen LogP contribution in [0, 0.1) is 21.8 Å². The van der Waals surface area contributed by atoms with Gasteiger partial charge in [-0.05, 0) is 51.8 Å². The lowest BCUT2D eigenvalue weighted by atomic mass is 9.92. The second-order valence-corrected chi connectivity index (χ2v) is 9.81. The van der Waals surface area contributed by atoms with Crippen LogP contribution in [0.2, 0.25) is 0 Å². The minimum atomic E-state index is -0.848. The van der Waals surface area contributed by atoms with E-state index in [0.717, 1.165) is 16.7 Å². The van der Waals surface area contributed by atoms with Crippen LogP contribution in [-0.4, -0.2) is 17.9 Å². The van der Waals surface area contributed by atoms with E-state index in [2.05, 4.69) is 0 Å². The van der Waals surface area contributed by atoms with Gasteiger partial charge in [-0.15, -0.1) is 0 Å². The third-order valence-corrected chi connectivity index (χ3v) is 7.13. The summed E-state index contributed by atoms with van der Waals surface area (Å²) in [5.74, 6) is -2.44. The van der Waals surface area contributed by atoms with Crippen LogP contribution >= 0.6 is 22.6 Å². The summed E-state index contributed by atoms with van der Waals surface area (Å²) in [6.07, 6.45) is 0. The summed E-state index contributed by atoms with van der Waals surface area (Å²) in [6, 6.07) is 29.1. The minimum Gasteiger partial charge on any atom is -0.457 e. The third-order valence-electron chi connectivity index (χ3n) is 6.05. The summed E-state index contributed by atoms with van der Waals surface area (Å²) in [5, 5.41) is 10.1. The molecule has 0 aliphatic rings. The Balaban J connectivity index is 1.73. The number of ether oxygens (including phenoxy) is 3. The van der Waals surface area contributed by atoms with Crippen molar-refractivity contribution in [1.29, 1.82) is 5.26 Å². The zero-order chi connectivity index (χ0) is 28.5. The summed E-state index contributed by atoms with van der Waals surface area (Å²) >= 11 is 1.82. The quantitative estimate of drug-likeness (QED) is 0.116. The van der Waals surface area contributed by atoms with Crippen LogP contribution in [0.5, 0.6) is 0 Å². The Morgan fingerprint density at radius 3 is 1.35 bits per heavy atom. The number of carbonyl (C=O) groups excluding carboxylic acids is 3. The van der Waals surface area contributed by atoms with E-state index in [1.807, 2.05) is 83.3 Å². The summed E-state index contributed by atoms with van der Waals surface area (Å²) in [5.41, 5.74) is 1.81. The van der Waals surface area contributed by atoms with Gasteiger partial charge >= 0.3 is 17.9 Å². The van der Waals surface area contributed by atoms with E-state index in [0.29, 0.717) is 0 Å². The first-order chi connectivity index (χ1) is 19.4. The Labute approximate surface area is 245 Å². The highest BCUT2D eigenvalue weighted by atomic mass is 127. The molecule has 200 valence electrons. The molecule has 0 atom stereocenters.